The van der Waals surface area contributed by atoms with Crippen molar-refractivity contribution in [2.75, 3.05) is 37.4 Å². The Morgan fingerprint density at radius 3 is 2.95 bits per heavy atom. The summed E-state index contributed by atoms with van der Waals surface area (Å²) in [6.45, 7) is 4.69. The molecule has 2 unspecified atom stereocenters. The van der Waals surface area contributed by atoms with Crippen molar-refractivity contribution in [3.05, 3.63) is 23.8 Å². The van der Waals surface area contributed by atoms with E-state index in [0.717, 1.165) is 0 Å². The Kier molecular flexibility index (Phi) is 3.88. The molecular weight excluding hydrogens is 246 g/mol. The lowest BCUT2D eigenvalue weighted by Gasteiger charge is -2.37. The minimum atomic E-state index is 0.609. The van der Waals surface area contributed by atoms with Gasteiger partial charge in [-0.15, -0.1) is 0 Å². The number of hydrogen-bond acceptors (Lipinski definition) is 3. The van der Waals surface area contributed by atoms with Crippen molar-refractivity contribution in [2.24, 2.45) is 0 Å². The largest absolute Gasteiger partial charge is 0.382 e. The standard InChI is InChI=1S/C17H27N3/c1-13-6-7-14-11-15(8-9-17(14)18-13)20(3)16-5-4-10-19(2)12-16/h8-9,11,13,16,18H,4-7,10,12H2,1-3H3. The van der Waals surface area contributed by atoms with E-state index < -0.39 is 0 Å². The molecule has 0 bridgehead atoms. The molecule has 110 valence electrons. The van der Waals surface area contributed by atoms with Crippen LogP contribution in [0, 0.1) is 0 Å². The smallest absolute Gasteiger partial charge is 0.0414 e. The molecule has 2 aliphatic heterocycles. The number of nitrogens with one attached hydrogen (secondary N) is 1. The summed E-state index contributed by atoms with van der Waals surface area (Å²) in [5.41, 5.74) is 4.19. The third kappa shape index (κ3) is 2.78. The Labute approximate surface area is 123 Å². The SMILES string of the molecule is CC1CCc2cc(N(C)C3CCCN(C)C3)ccc2N1. The number of aryl methyl sites for hydroxylation is 1. The number of benzene rings is 1. The van der Waals surface area contributed by atoms with E-state index in [2.05, 4.69) is 54.3 Å². The van der Waals surface area contributed by atoms with Crippen molar-refractivity contribution in [1.29, 1.82) is 0 Å². The lowest BCUT2D eigenvalue weighted by molar-refractivity contribution is 0.248. The molecule has 0 aromatic heterocycles. The van der Waals surface area contributed by atoms with Gasteiger partial charge >= 0.3 is 0 Å². The molecule has 3 heteroatoms. The van der Waals surface area contributed by atoms with Crippen molar-refractivity contribution in [3.8, 4) is 0 Å². The molecule has 2 aliphatic rings. The number of likely N-dealkylation sites (tertiary alicyclic amines) is 1. The molecule has 1 aromatic rings. The second-order valence-corrected chi connectivity index (χ2v) is 6.59. The Balaban J connectivity index is 1.76. The highest BCUT2D eigenvalue weighted by Gasteiger charge is 2.22. The summed E-state index contributed by atoms with van der Waals surface area (Å²) in [6.07, 6.45) is 5.07. The Morgan fingerprint density at radius 2 is 2.15 bits per heavy atom. The molecular formula is C17H27N3. The van der Waals surface area contributed by atoms with Gasteiger partial charge in [0.05, 0.1) is 0 Å². The van der Waals surface area contributed by atoms with Gasteiger partial charge in [-0.25, -0.2) is 0 Å². The van der Waals surface area contributed by atoms with Crippen molar-refractivity contribution in [3.63, 3.8) is 0 Å². The van der Waals surface area contributed by atoms with Gasteiger partial charge in [-0.1, -0.05) is 0 Å². The lowest BCUT2D eigenvalue weighted by Crippen LogP contribution is -2.45. The Hall–Kier alpha value is -1.22. The number of hydrogen-bond donors (Lipinski definition) is 1. The molecule has 0 aliphatic carbocycles. The fourth-order valence-electron chi connectivity index (χ4n) is 3.52. The van der Waals surface area contributed by atoms with Gasteiger partial charge < -0.3 is 15.1 Å². The van der Waals surface area contributed by atoms with Crippen LogP contribution in [0.15, 0.2) is 18.2 Å². The first-order valence-corrected chi connectivity index (χ1v) is 7.94. The fourth-order valence-corrected chi connectivity index (χ4v) is 3.52. The zero-order chi connectivity index (χ0) is 14.1. The number of piperidine rings is 1. The monoisotopic (exact) mass is 273 g/mol. The third-order valence-electron chi connectivity index (χ3n) is 4.89. The summed E-state index contributed by atoms with van der Waals surface area (Å²) >= 11 is 0. The third-order valence-corrected chi connectivity index (χ3v) is 4.89. The molecule has 1 fully saturated rings. The molecule has 2 atom stereocenters. The highest BCUT2D eigenvalue weighted by Crippen LogP contribution is 2.30. The second-order valence-electron chi connectivity index (χ2n) is 6.59. The number of fused-ring (bicyclic) bond motifs is 1. The van der Waals surface area contributed by atoms with Crippen molar-refractivity contribution >= 4 is 11.4 Å². The topological polar surface area (TPSA) is 18.5 Å². The minimum Gasteiger partial charge on any atom is -0.382 e. The van der Waals surface area contributed by atoms with E-state index in [1.807, 2.05) is 0 Å². The van der Waals surface area contributed by atoms with Crippen molar-refractivity contribution in [2.45, 2.75) is 44.7 Å². The van der Waals surface area contributed by atoms with E-state index in [4.69, 9.17) is 0 Å². The van der Waals surface area contributed by atoms with Crippen LogP contribution in [-0.2, 0) is 6.42 Å². The van der Waals surface area contributed by atoms with Crippen LogP contribution in [0.5, 0.6) is 0 Å². The normalized spacial score (nSPS) is 26.8. The van der Waals surface area contributed by atoms with E-state index in [0.29, 0.717) is 12.1 Å². The molecule has 2 heterocycles. The molecule has 20 heavy (non-hydrogen) atoms. The summed E-state index contributed by atoms with van der Waals surface area (Å²) in [7, 11) is 4.49. The van der Waals surface area contributed by atoms with E-state index in [9.17, 15) is 0 Å². The van der Waals surface area contributed by atoms with Crippen molar-refractivity contribution < 1.29 is 0 Å². The number of anilines is 2. The molecule has 0 saturated carbocycles. The summed E-state index contributed by atoms with van der Waals surface area (Å²) in [5, 5.41) is 3.59. The van der Waals surface area contributed by atoms with Crippen LogP contribution in [0.1, 0.15) is 31.7 Å². The van der Waals surface area contributed by atoms with Gasteiger partial charge in [-0.3, -0.25) is 0 Å². The molecule has 0 radical (unpaired) electrons. The van der Waals surface area contributed by atoms with E-state index in [1.54, 1.807) is 0 Å². The molecule has 0 amide bonds. The summed E-state index contributed by atoms with van der Waals surface area (Å²) < 4.78 is 0. The second kappa shape index (κ2) is 5.65. The van der Waals surface area contributed by atoms with Crippen LogP contribution in [0.25, 0.3) is 0 Å². The fraction of sp³-hybridized carbons (Fsp3) is 0.647. The minimum absolute atomic E-state index is 0.609. The van der Waals surface area contributed by atoms with Crippen LogP contribution in [-0.4, -0.2) is 44.2 Å². The zero-order valence-corrected chi connectivity index (χ0v) is 13.0. The van der Waals surface area contributed by atoms with E-state index in [-0.39, 0.29) is 0 Å². The van der Waals surface area contributed by atoms with Gasteiger partial charge in [0.25, 0.3) is 0 Å². The maximum absolute atomic E-state index is 3.59. The first kappa shape index (κ1) is 13.7. The molecule has 3 nitrogen and oxygen atoms in total. The van der Waals surface area contributed by atoms with Crippen LogP contribution in [0.3, 0.4) is 0 Å². The zero-order valence-electron chi connectivity index (χ0n) is 13.0. The summed E-state index contributed by atoms with van der Waals surface area (Å²) in [5.74, 6) is 0. The van der Waals surface area contributed by atoms with Gasteiger partial charge in [0.1, 0.15) is 0 Å². The van der Waals surface area contributed by atoms with Crippen LogP contribution in [0.2, 0.25) is 0 Å². The van der Waals surface area contributed by atoms with Gasteiger partial charge in [-0.2, -0.15) is 0 Å². The van der Waals surface area contributed by atoms with Crippen molar-refractivity contribution in [1.82, 2.24) is 4.90 Å². The maximum atomic E-state index is 3.59. The summed E-state index contributed by atoms with van der Waals surface area (Å²) in [4.78, 5) is 4.93. The first-order chi connectivity index (χ1) is 9.63. The van der Waals surface area contributed by atoms with Crippen LogP contribution < -0.4 is 10.2 Å². The molecule has 0 spiro atoms. The van der Waals surface area contributed by atoms with Gasteiger partial charge in [0.2, 0.25) is 0 Å². The van der Waals surface area contributed by atoms with Crippen LogP contribution >= 0.6 is 0 Å². The van der Waals surface area contributed by atoms with E-state index >= 15 is 0 Å². The average Bonchev–Trinajstić information content (AvgIpc) is 2.46. The predicted octanol–water partition coefficient (Wildman–Crippen LogP) is 2.96. The van der Waals surface area contributed by atoms with Gasteiger partial charge in [0, 0.05) is 37.1 Å². The van der Waals surface area contributed by atoms with Gasteiger partial charge in [0.15, 0.2) is 0 Å². The summed E-state index contributed by atoms with van der Waals surface area (Å²) in [6, 6.07) is 8.20. The quantitative estimate of drug-likeness (QED) is 0.894. The van der Waals surface area contributed by atoms with Gasteiger partial charge in [-0.05, 0) is 70.0 Å². The predicted molar refractivity (Wildman–Crippen MR) is 86.8 cm³/mol. The first-order valence-electron chi connectivity index (χ1n) is 7.94. The molecule has 1 N–H and O–H groups in total. The Bertz CT molecular complexity index is 471. The maximum Gasteiger partial charge on any atom is 0.0414 e. The van der Waals surface area contributed by atoms with Crippen LogP contribution in [0.4, 0.5) is 11.4 Å². The number of likely N-dealkylation sites (N-methyl/N-ethyl adjacent to an activating group) is 2. The Morgan fingerprint density at radius 1 is 1.30 bits per heavy atom. The average molecular weight is 273 g/mol. The highest BCUT2D eigenvalue weighted by molar-refractivity contribution is 5.62. The van der Waals surface area contributed by atoms with E-state index in [1.165, 1.54) is 55.7 Å². The molecule has 3 rings (SSSR count). The molecule has 1 saturated heterocycles. The highest BCUT2D eigenvalue weighted by atomic mass is 15.2. The molecule has 1 aromatic carbocycles. The number of rotatable bonds is 2. The number of nitrogens with zero attached hydrogens (tertiary/aromatic N) is 2. The lowest BCUT2D eigenvalue weighted by atomic mass is 9.97.